The summed E-state index contributed by atoms with van der Waals surface area (Å²) in [5.41, 5.74) is 1.45. The fraction of sp³-hybridized carbons (Fsp3) is 0.556. The van der Waals surface area contributed by atoms with Crippen LogP contribution in [0.1, 0.15) is 61.5 Å². The molecule has 2 aromatic rings. The number of hydrogen-bond acceptors (Lipinski definition) is 4. The summed E-state index contributed by atoms with van der Waals surface area (Å²) in [4.78, 5) is 12.4. The first kappa shape index (κ1) is 18.3. The fourth-order valence-corrected chi connectivity index (χ4v) is 2.57. The molecule has 24 heavy (non-hydrogen) atoms. The van der Waals surface area contributed by atoms with Crippen molar-refractivity contribution in [3.05, 3.63) is 41.6 Å². The zero-order chi connectivity index (χ0) is 17.7. The Kier molecular flexibility index (Phi) is 6.20. The minimum atomic E-state index is -0.731. The third kappa shape index (κ3) is 4.71. The molecule has 2 rings (SSSR count). The van der Waals surface area contributed by atoms with Gasteiger partial charge in [0.1, 0.15) is 11.9 Å². The molecule has 0 fully saturated rings. The molecule has 2 atom stereocenters. The van der Waals surface area contributed by atoms with E-state index in [-0.39, 0.29) is 11.9 Å². The van der Waals surface area contributed by atoms with Crippen molar-refractivity contribution in [1.29, 1.82) is 0 Å². The molecule has 2 aromatic heterocycles. The Hall–Kier alpha value is -2.08. The van der Waals surface area contributed by atoms with Gasteiger partial charge >= 0.3 is 0 Å². The summed E-state index contributed by atoms with van der Waals surface area (Å²) in [6, 6.07) is 3.27. The average Bonchev–Trinajstić information content (AvgIpc) is 3.14. The smallest absolute Gasteiger partial charge is 0.254 e. The Bertz CT molecular complexity index is 647. The lowest BCUT2D eigenvalue weighted by Crippen LogP contribution is -2.34. The van der Waals surface area contributed by atoms with Gasteiger partial charge in [0.2, 0.25) is 0 Å². The molecule has 132 valence electrons. The van der Waals surface area contributed by atoms with Gasteiger partial charge in [-0.25, -0.2) is 0 Å². The molecule has 0 aliphatic carbocycles. The molecule has 0 spiro atoms. The van der Waals surface area contributed by atoms with Crippen LogP contribution in [0.25, 0.3) is 0 Å². The maximum absolute atomic E-state index is 12.4. The van der Waals surface area contributed by atoms with E-state index in [1.165, 1.54) is 6.26 Å². The van der Waals surface area contributed by atoms with E-state index >= 15 is 0 Å². The van der Waals surface area contributed by atoms with Crippen LogP contribution in [-0.4, -0.2) is 26.8 Å². The van der Waals surface area contributed by atoms with E-state index in [0.717, 1.165) is 18.7 Å². The second-order valence-electron chi connectivity index (χ2n) is 6.69. The van der Waals surface area contributed by atoms with Crippen molar-refractivity contribution in [2.75, 3.05) is 0 Å². The van der Waals surface area contributed by atoms with Crippen LogP contribution >= 0.6 is 0 Å². The van der Waals surface area contributed by atoms with Gasteiger partial charge in [-0.2, -0.15) is 5.10 Å². The van der Waals surface area contributed by atoms with E-state index in [0.29, 0.717) is 23.7 Å². The zero-order valence-corrected chi connectivity index (χ0v) is 14.8. The molecule has 1 amide bonds. The van der Waals surface area contributed by atoms with Gasteiger partial charge in [0.25, 0.3) is 5.91 Å². The molecule has 0 aliphatic heterocycles. The Balaban J connectivity index is 1.92. The summed E-state index contributed by atoms with van der Waals surface area (Å²) in [5, 5.41) is 17.3. The molecule has 0 bridgehead atoms. The summed E-state index contributed by atoms with van der Waals surface area (Å²) in [7, 11) is 0. The molecule has 0 radical (unpaired) electrons. The topological polar surface area (TPSA) is 80.3 Å². The first-order valence-electron chi connectivity index (χ1n) is 8.43. The van der Waals surface area contributed by atoms with Gasteiger partial charge in [0, 0.05) is 24.7 Å². The number of aryl methyl sites for hydroxylation is 1. The lowest BCUT2D eigenvalue weighted by molar-refractivity contribution is 0.0902. The Labute approximate surface area is 142 Å². The highest BCUT2D eigenvalue weighted by Gasteiger charge is 2.19. The highest BCUT2D eigenvalue weighted by Crippen LogP contribution is 2.19. The number of aliphatic hydroxyl groups is 1. The molecular weight excluding hydrogens is 306 g/mol. The number of hydrogen-bond donors (Lipinski definition) is 2. The first-order chi connectivity index (χ1) is 11.4. The van der Waals surface area contributed by atoms with E-state index < -0.39 is 6.10 Å². The lowest BCUT2D eigenvalue weighted by Gasteiger charge is -2.16. The minimum Gasteiger partial charge on any atom is -0.467 e. The summed E-state index contributed by atoms with van der Waals surface area (Å²) in [5.74, 6) is 0.935. The predicted octanol–water partition coefficient (Wildman–Crippen LogP) is 3.07. The number of rotatable bonds is 8. The molecule has 0 aromatic carbocycles. The number of furan rings is 1. The van der Waals surface area contributed by atoms with Gasteiger partial charge in [0.05, 0.1) is 18.0 Å². The van der Waals surface area contributed by atoms with Crippen molar-refractivity contribution >= 4 is 5.91 Å². The van der Waals surface area contributed by atoms with Crippen LogP contribution in [-0.2, 0) is 6.54 Å². The van der Waals surface area contributed by atoms with Crippen LogP contribution in [0.15, 0.2) is 29.0 Å². The maximum Gasteiger partial charge on any atom is 0.254 e. The van der Waals surface area contributed by atoms with Crippen molar-refractivity contribution < 1.29 is 14.3 Å². The van der Waals surface area contributed by atoms with Crippen molar-refractivity contribution in [2.24, 2.45) is 5.92 Å². The molecular formula is C18H27N3O3. The molecule has 6 heteroatoms. The van der Waals surface area contributed by atoms with Gasteiger partial charge in [-0.05, 0) is 38.3 Å². The van der Waals surface area contributed by atoms with Crippen molar-refractivity contribution in [3.63, 3.8) is 0 Å². The van der Waals surface area contributed by atoms with Crippen LogP contribution in [0.4, 0.5) is 0 Å². The van der Waals surface area contributed by atoms with Crippen molar-refractivity contribution in [2.45, 2.75) is 59.2 Å². The average molecular weight is 333 g/mol. The highest BCUT2D eigenvalue weighted by molar-refractivity contribution is 5.95. The molecule has 2 N–H and O–H groups in total. The Morgan fingerprint density at radius 2 is 2.17 bits per heavy atom. The predicted molar refractivity (Wildman–Crippen MR) is 91.6 cm³/mol. The van der Waals surface area contributed by atoms with Gasteiger partial charge in [-0.15, -0.1) is 0 Å². The van der Waals surface area contributed by atoms with Crippen LogP contribution in [0, 0.1) is 12.8 Å². The summed E-state index contributed by atoms with van der Waals surface area (Å²) in [6.07, 6.45) is 3.82. The third-order valence-electron chi connectivity index (χ3n) is 4.09. The van der Waals surface area contributed by atoms with E-state index in [2.05, 4.69) is 24.3 Å². The van der Waals surface area contributed by atoms with Crippen molar-refractivity contribution in [3.8, 4) is 0 Å². The lowest BCUT2D eigenvalue weighted by atomic mass is 10.1. The van der Waals surface area contributed by atoms with Crippen LogP contribution < -0.4 is 5.32 Å². The molecule has 0 saturated heterocycles. The fourth-order valence-electron chi connectivity index (χ4n) is 2.57. The van der Waals surface area contributed by atoms with Crippen molar-refractivity contribution in [1.82, 2.24) is 15.1 Å². The van der Waals surface area contributed by atoms with E-state index in [9.17, 15) is 9.90 Å². The SMILES string of the molecule is Cc1c(C(=O)NC(C)CC(O)c2ccco2)cnn1CCC(C)C. The number of nitrogens with zero attached hydrogens (tertiary/aromatic N) is 2. The number of nitrogens with one attached hydrogen (secondary N) is 1. The van der Waals surface area contributed by atoms with Gasteiger partial charge in [-0.3, -0.25) is 9.48 Å². The third-order valence-corrected chi connectivity index (χ3v) is 4.09. The molecule has 6 nitrogen and oxygen atoms in total. The van der Waals surface area contributed by atoms with Crippen LogP contribution in [0.2, 0.25) is 0 Å². The van der Waals surface area contributed by atoms with Gasteiger partial charge < -0.3 is 14.8 Å². The maximum atomic E-state index is 12.4. The highest BCUT2D eigenvalue weighted by atomic mass is 16.4. The zero-order valence-electron chi connectivity index (χ0n) is 14.8. The standard InChI is InChI=1S/C18H27N3O3/c1-12(2)7-8-21-14(4)15(11-19-21)18(23)20-13(3)10-16(22)17-6-5-9-24-17/h5-6,9,11-13,16,22H,7-8,10H2,1-4H3,(H,20,23). The monoisotopic (exact) mass is 333 g/mol. The van der Waals surface area contributed by atoms with Gasteiger partial charge in [-0.1, -0.05) is 13.8 Å². The number of aliphatic hydroxyl groups excluding tert-OH is 1. The minimum absolute atomic E-state index is 0.164. The summed E-state index contributed by atoms with van der Waals surface area (Å²) in [6.45, 7) is 8.91. The Morgan fingerprint density at radius 3 is 2.79 bits per heavy atom. The Morgan fingerprint density at radius 1 is 1.42 bits per heavy atom. The molecule has 2 heterocycles. The summed E-state index contributed by atoms with van der Waals surface area (Å²) < 4.78 is 7.05. The quantitative estimate of drug-likeness (QED) is 0.778. The molecule has 0 aliphatic rings. The second-order valence-corrected chi connectivity index (χ2v) is 6.69. The number of carbonyl (C=O) groups is 1. The van der Waals surface area contributed by atoms with E-state index in [4.69, 9.17) is 4.42 Å². The van der Waals surface area contributed by atoms with E-state index in [1.807, 2.05) is 18.5 Å². The normalized spacial score (nSPS) is 13.9. The van der Waals surface area contributed by atoms with Crippen LogP contribution in [0.3, 0.4) is 0 Å². The molecule has 2 unspecified atom stereocenters. The first-order valence-corrected chi connectivity index (χ1v) is 8.43. The van der Waals surface area contributed by atoms with Crippen LogP contribution in [0.5, 0.6) is 0 Å². The number of aromatic nitrogens is 2. The van der Waals surface area contributed by atoms with Gasteiger partial charge in [0.15, 0.2) is 0 Å². The second kappa shape index (κ2) is 8.15. The summed E-state index contributed by atoms with van der Waals surface area (Å²) >= 11 is 0. The number of carbonyl (C=O) groups excluding carboxylic acids is 1. The van der Waals surface area contributed by atoms with E-state index in [1.54, 1.807) is 18.3 Å². The molecule has 0 saturated carbocycles. The largest absolute Gasteiger partial charge is 0.467 e. The number of amides is 1.